The molecule has 34 heavy (non-hydrogen) atoms. The fourth-order valence-electron chi connectivity index (χ4n) is 3.15. The molecule has 10 nitrogen and oxygen atoms in total. The van der Waals surface area contributed by atoms with E-state index in [1.165, 1.54) is 32.6 Å². The molecule has 3 rings (SSSR count). The van der Waals surface area contributed by atoms with Crippen LogP contribution in [0.25, 0.3) is 0 Å². The average molecular weight is 485 g/mol. The van der Waals surface area contributed by atoms with Crippen LogP contribution < -0.4 is 19.6 Å². The molecule has 0 atom stereocenters. The van der Waals surface area contributed by atoms with Gasteiger partial charge in [-0.25, -0.2) is 8.42 Å². The molecule has 0 heterocycles. The number of nitro benzene ring substituents is 1. The van der Waals surface area contributed by atoms with Crippen LogP contribution in [0.1, 0.15) is 16.7 Å². The van der Waals surface area contributed by atoms with Crippen LogP contribution in [0.5, 0.6) is 11.5 Å². The SMILES string of the molecule is COc1ccc(C=NNc2ccc(S(=O)(=O)Nc3ccc(C)cc3C)cc2[N+](=O)[O-])c(OC)c1. The molecule has 0 aliphatic rings. The Morgan fingerprint density at radius 2 is 1.71 bits per heavy atom. The predicted octanol–water partition coefficient (Wildman–Crippen LogP) is 4.48. The van der Waals surface area contributed by atoms with Crippen molar-refractivity contribution in [1.82, 2.24) is 0 Å². The summed E-state index contributed by atoms with van der Waals surface area (Å²) in [6.45, 7) is 3.67. The minimum Gasteiger partial charge on any atom is -0.497 e. The van der Waals surface area contributed by atoms with Crippen molar-refractivity contribution in [2.45, 2.75) is 18.7 Å². The Bertz CT molecular complexity index is 1360. The second kappa shape index (κ2) is 10.2. The van der Waals surface area contributed by atoms with Crippen LogP contribution in [-0.4, -0.2) is 33.8 Å². The molecule has 178 valence electrons. The van der Waals surface area contributed by atoms with Crippen molar-refractivity contribution in [2.24, 2.45) is 5.10 Å². The van der Waals surface area contributed by atoms with Crippen LogP contribution in [0.4, 0.5) is 17.1 Å². The second-order valence-electron chi connectivity index (χ2n) is 7.34. The Kier molecular flexibility index (Phi) is 7.37. The van der Waals surface area contributed by atoms with Crippen LogP contribution in [0.15, 0.2) is 64.6 Å². The number of hydrogen-bond donors (Lipinski definition) is 2. The molecule has 0 saturated carbocycles. The van der Waals surface area contributed by atoms with Gasteiger partial charge in [0, 0.05) is 17.7 Å². The van der Waals surface area contributed by atoms with Gasteiger partial charge in [-0.15, -0.1) is 0 Å². The number of nitro groups is 1. The molecule has 0 amide bonds. The Labute approximate surface area is 197 Å². The predicted molar refractivity (Wildman–Crippen MR) is 131 cm³/mol. The first-order valence-corrected chi connectivity index (χ1v) is 11.5. The summed E-state index contributed by atoms with van der Waals surface area (Å²) in [5.41, 5.74) is 4.90. The highest BCUT2D eigenvalue weighted by Crippen LogP contribution is 2.29. The first-order valence-electron chi connectivity index (χ1n) is 10.0. The summed E-state index contributed by atoms with van der Waals surface area (Å²) in [6, 6.07) is 13.9. The summed E-state index contributed by atoms with van der Waals surface area (Å²) in [5, 5.41) is 15.7. The minimum atomic E-state index is -4.05. The van der Waals surface area contributed by atoms with Crippen molar-refractivity contribution in [3.63, 3.8) is 0 Å². The van der Waals surface area contributed by atoms with Crippen molar-refractivity contribution in [2.75, 3.05) is 24.4 Å². The molecular weight excluding hydrogens is 460 g/mol. The summed E-state index contributed by atoms with van der Waals surface area (Å²) in [7, 11) is -1.02. The smallest absolute Gasteiger partial charge is 0.295 e. The highest BCUT2D eigenvalue weighted by Gasteiger charge is 2.22. The molecular formula is C23H24N4O6S. The van der Waals surface area contributed by atoms with Gasteiger partial charge in [0.15, 0.2) is 0 Å². The summed E-state index contributed by atoms with van der Waals surface area (Å²) < 4.78 is 38.6. The Morgan fingerprint density at radius 3 is 2.35 bits per heavy atom. The summed E-state index contributed by atoms with van der Waals surface area (Å²) in [5.74, 6) is 1.10. The van der Waals surface area contributed by atoms with Crippen LogP contribution in [0.3, 0.4) is 0 Å². The zero-order valence-corrected chi connectivity index (χ0v) is 19.8. The van der Waals surface area contributed by atoms with E-state index in [0.717, 1.165) is 17.2 Å². The van der Waals surface area contributed by atoms with Crippen molar-refractivity contribution < 1.29 is 22.8 Å². The van der Waals surface area contributed by atoms with Gasteiger partial charge in [-0.3, -0.25) is 20.3 Å². The van der Waals surface area contributed by atoms with Gasteiger partial charge >= 0.3 is 0 Å². The quantitative estimate of drug-likeness (QED) is 0.260. The van der Waals surface area contributed by atoms with Crippen LogP contribution in [0.2, 0.25) is 0 Å². The number of hydrogen-bond acceptors (Lipinski definition) is 8. The molecule has 2 N–H and O–H groups in total. The van der Waals surface area contributed by atoms with Crippen molar-refractivity contribution in [3.8, 4) is 11.5 Å². The number of ether oxygens (including phenoxy) is 2. The van der Waals surface area contributed by atoms with Gasteiger partial charge in [0.25, 0.3) is 15.7 Å². The maximum atomic E-state index is 12.8. The first kappa shape index (κ1) is 24.5. The fourth-order valence-corrected chi connectivity index (χ4v) is 4.30. The molecule has 0 aliphatic heterocycles. The number of nitrogens with one attached hydrogen (secondary N) is 2. The number of aryl methyl sites for hydroxylation is 2. The maximum Gasteiger partial charge on any atom is 0.295 e. The van der Waals surface area contributed by atoms with E-state index in [2.05, 4.69) is 15.2 Å². The minimum absolute atomic E-state index is 0.0270. The lowest BCUT2D eigenvalue weighted by molar-refractivity contribution is -0.384. The van der Waals surface area contributed by atoms with Gasteiger partial charge in [-0.2, -0.15) is 5.10 Å². The average Bonchev–Trinajstić information content (AvgIpc) is 2.81. The molecule has 0 fully saturated rings. The van der Waals surface area contributed by atoms with Gasteiger partial charge < -0.3 is 9.47 Å². The third-order valence-corrected chi connectivity index (χ3v) is 6.29. The van der Waals surface area contributed by atoms with E-state index < -0.39 is 20.6 Å². The molecule has 3 aromatic carbocycles. The Balaban J connectivity index is 1.86. The number of methoxy groups -OCH3 is 2. The van der Waals surface area contributed by atoms with Gasteiger partial charge in [0.2, 0.25) is 0 Å². The Hall–Kier alpha value is -4.12. The largest absolute Gasteiger partial charge is 0.497 e. The number of rotatable bonds is 9. The molecule has 0 saturated heterocycles. The number of anilines is 2. The topological polar surface area (TPSA) is 132 Å². The highest BCUT2D eigenvalue weighted by atomic mass is 32.2. The van der Waals surface area contributed by atoms with Crippen molar-refractivity contribution >= 4 is 33.3 Å². The van der Waals surface area contributed by atoms with Crippen LogP contribution >= 0.6 is 0 Å². The summed E-state index contributed by atoms with van der Waals surface area (Å²) in [4.78, 5) is 10.7. The lowest BCUT2D eigenvalue weighted by atomic mass is 10.1. The van der Waals surface area contributed by atoms with Gasteiger partial charge in [0.05, 0.1) is 35.9 Å². The molecule has 0 bridgehead atoms. The van der Waals surface area contributed by atoms with Gasteiger partial charge in [0.1, 0.15) is 17.2 Å². The molecule has 0 spiro atoms. The van der Waals surface area contributed by atoms with Crippen molar-refractivity contribution in [3.05, 3.63) is 81.4 Å². The van der Waals surface area contributed by atoms with Gasteiger partial charge in [-0.1, -0.05) is 17.7 Å². The molecule has 0 radical (unpaired) electrons. The summed E-state index contributed by atoms with van der Waals surface area (Å²) in [6.07, 6.45) is 1.42. The summed E-state index contributed by atoms with van der Waals surface area (Å²) >= 11 is 0. The van der Waals surface area contributed by atoms with E-state index in [4.69, 9.17) is 9.47 Å². The standard InChI is InChI=1S/C23H24N4O6S/c1-15-5-9-20(16(2)11-15)26-34(30,31)19-8-10-21(22(13-19)27(28)29)25-24-14-17-6-7-18(32-3)12-23(17)33-4/h5-14,25-26H,1-4H3. The van der Waals surface area contributed by atoms with Crippen molar-refractivity contribution in [1.29, 1.82) is 0 Å². The van der Waals surface area contributed by atoms with E-state index in [-0.39, 0.29) is 10.6 Å². The molecule has 0 unspecified atom stereocenters. The number of benzene rings is 3. The third kappa shape index (κ3) is 5.62. The fraction of sp³-hybridized carbons (Fsp3) is 0.174. The van der Waals surface area contributed by atoms with Gasteiger partial charge in [-0.05, 0) is 49.7 Å². The number of nitrogens with zero attached hydrogens (tertiary/aromatic N) is 2. The van der Waals surface area contributed by atoms with E-state index in [9.17, 15) is 18.5 Å². The second-order valence-corrected chi connectivity index (χ2v) is 9.02. The van der Waals surface area contributed by atoms with Crippen LogP contribution in [0, 0.1) is 24.0 Å². The maximum absolute atomic E-state index is 12.8. The zero-order valence-electron chi connectivity index (χ0n) is 19.0. The molecule has 0 aliphatic carbocycles. The highest BCUT2D eigenvalue weighted by molar-refractivity contribution is 7.92. The molecule has 3 aromatic rings. The third-order valence-electron chi connectivity index (χ3n) is 4.93. The van der Waals surface area contributed by atoms with E-state index in [0.29, 0.717) is 22.7 Å². The number of hydrazone groups is 1. The zero-order chi connectivity index (χ0) is 24.9. The lowest BCUT2D eigenvalue weighted by Crippen LogP contribution is -2.14. The van der Waals surface area contributed by atoms with E-state index in [1.807, 2.05) is 13.0 Å². The van der Waals surface area contributed by atoms with E-state index >= 15 is 0 Å². The molecule has 11 heteroatoms. The first-order chi connectivity index (χ1) is 16.1. The molecule has 0 aromatic heterocycles. The Morgan fingerprint density at radius 1 is 0.971 bits per heavy atom. The normalized spacial score (nSPS) is 11.3. The monoisotopic (exact) mass is 484 g/mol. The number of sulfonamides is 1. The van der Waals surface area contributed by atoms with E-state index in [1.54, 1.807) is 37.3 Å². The van der Waals surface area contributed by atoms with Crippen LogP contribution in [-0.2, 0) is 10.0 Å². The lowest BCUT2D eigenvalue weighted by Gasteiger charge is -2.12.